The normalized spacial score (nSPS) is 11.7. The molecule has 1 amide bonds. The number of amides is 1. The van der Waals surface area contributed by atoms with Crippen LogP contribution in [-0.4, -0.2) is 19.1 Å². The number of nitrogens with zero attached hydrogens (tertiary/aromatic N) is 1. The summed E-state index contributed by atoms with van der Waals surface area (Å²) in [5.74, 6) is -1.12. The SMILES string of the molecule is CCOC(C)(OCC)c1scc(C)c1N(Cl)C(C)=O. The van der Waals surface area contributed by atoms with Gasteiger partial charge in [-0.1, -0.05) is 0 Å². The maximum atomic E-state index is 11.5. The van der Waals surface area contributed by atoms with E-state index in [2.05, 4.69) is 0 Å². The second-order valence-electron chi connectivity index (χ2n) is 4.21. The lowest BCUT2D eigenvalue weighted by atomic mass is 10.1. The lowest BCUT2D eigenvalue weighted by Gasteiger charge is -2.30. The highest BCUT2D eigenvalue weighted by atomic mass is 35.5. The number of carbonyl (C=O) groups is 1. The smallest absolute Gasteiger partial charge is 0.238 e. The first-order valence-corrected chi connectivity index (χ1v) is 7.42. The third-order valence-corrected chi connectivity index (χ3v) is 4.35. The zero-order valence-corrected chi connectivity index (χ0v) is 13.5. The van der Waals surface area contributed by atoms with Crippen LogP contribution in [0.5, 0.6) is 0 Å². The van der Waals surface area contributed by atoms with Gasteiger partial charge in [-0.3, -0.25) is 4.79 Å². The molecule has 0 aliphatic heterocycles. The number of anilines is 1. The van der Waals surface area contributed by atoms with Gasteiger partial charge in [0.05, 0.1) is 10.6 Å². The topological polar surface area (TPSA) is 38.8 Å². The summed E-state index contributed by atoms with van der Waals surface area (Å²) in [7, 11) is 0. The van der Waals surface area contributed by atoms with E-state index in [9.17, 15) is 4.79 Å². The van der Waals surface area contributed by atoms with E-state index in [4.69, 9.17) is 21.3 Å². The summed E-state index contributed by atoms with van der Waals surface area (Å²) in [5.41, 5.74) is 1.58. The molecular formula is C13H20ClNO3S. The maximum absolute atomic E-state index is 11.5. The van der Waals surface area contributed by atoms with Crippen molar-refractivity contribution in [2.45, 2.75) is 40.4 Å². The average Bonchev–Trinajstić information content (AvgIpc) is 2.71. The molecule has 6 heteroatoms. The second kappa shape index (κ2) is 6.70. The molecule has 1 rings (SSSR count). The van der Waals surface area contributed by atoms with Gasteiger partial charge in [0.25, 0.3) is 0 Å². The molecule has 1 heterocycles. The van der Waals surface area contributed by atoms with E-state index >= 15 is 0 Å². The number of carbonyl (C=O) groups excluding carboxylic acids is 1. The van der Waals surface area contributed by atoms with Crippen LogP contribution in [0.3, 0.4) is 0 Å². The first-order valence-electron chi connectivity index (χ1n) is 6.20. The number of hydrogen-bond donors (Lipinski definition) is 0. The van der Waals surface area contributed by atoms with E-state index in [1.807, 2.05) is 33.1 Å². The second-order valence-corrected chi connectivity index (χ2v) is 5.43. The summed E-state index contributed by atoms with van der Waals surface area (Å²) in [6.07, 6.45) is 0. The van der Waals surface area contributed by atoms with E-state index in [-0.39, 0.29) is 5.91 Å². The summed E-state index contributed by atoms with van der Waals surface area (Å²) < 4.78 is 12.6. The highest BCUT2D eigenvalue weighted by Crippen LogP contribution is 2.42. The molecule has 108 valence electrons. The van der Waals surface area contributed by atoms with Gasteiger partial charge in [0.15, 0.2) is 0 Å². The maximum Gasteiger partial charge on any atom is 0.238 e. The zero-order chi connectivity index (χ0) is 14.6. The highest BCUT2D eigenvalue weighted by molar-refractivity contribution is 7.11. The number of aryl methyl sites for hydroxylation is 1. The summed E-state index contributed by atoms with van der Waals surface area (Å²) in [6.45, 7) is 10.0. The van der Waals surface area contributed by atoms with Crippen molar-refractivity contribution in [2.75, 3.05) is 17.6 Å². The van der Waals surface area contributed by atoms with Gasteiger partial charge in [-0.05, 0) is 38.6 Å². The van der Waals surface area contributed by atoms with Gasteiger partial charge in [-0.2, -0.15) is 0 Å². The van der Waals surface area contributed by atoms with Crippen LogP contribution in [0.2, 0.25) is 0 Å². The van der Waals surface area contributed by atoms with E-state index < -0.39 is 5.79 Å². The Bertz CT molecular complexity index is 441. The van der Waals surface area contributed by atoms with Gasteiger partial charge in [-0.25, -0.2) is 4.42 Å². The lowest BCUT2D eigenvalue weighted by Crippen LogP contribution is -2.31. The van der Waals surface area contributed by atoms with Gasteiger partial charge in [-0.15, -0.1) is 11.3 Å². The van der Waals surface area contributed by atoms with Crippen LogP contribution in [0.15, 0.2) is 5.38 Å². The molecule has 4 nitrogen and oxygen atoms in total. The standard InChI is InChI=1S/C13H20ClNO3S/c1-6-17-13(5,18-7-2)12-11(9(3)8-19-12)15(14)10(4)16/h8H,6-7H2,1-5H3. The minimum atomic E-state index is -0.889. The van der Waals surface area contributed by atoms with Crippen LogP contribution >= 0.6 is 23.1 Å². The van der Waals surface area contributed by atoms with Crippen LogP contribution in [0.25, 0.3) is 0 Å². The summed E-state index contributed by atoms with van der Waals surface area (Å²) in [5, 5.41) is 1.94. The molecule has 0 radical (unpaired) electrons. The van der Waals surface area contributed by atoms with Gasteiger partial charge in [0.2, 0.25) is 11.7 Å². The molecule has 0 N–H and O–H groups in total. The molecule has 19 heavy (non-hydrogen) atoms. The zero-order valence-electron chi connectivity index (χ0n) is 11.9. The number of rotatable bonds is 6. The third-order valence-electron chi connectivity index (χ3n) is 2.67. The van der Waals surface area contributed by atoms with E-state index in [1.165, 1.54) is 18.3 Å². The molecule has 0 atom stereocenters. The van der Waals surface area contributed by atoms with Crippen molar-refractivity contribution < 1.29 is 14.3 Å². The van der Waals surface area contributed by atoms with Gasteiger partial charge < -0.3 is 9.47 Å². The molecule has 0 saturated carbocycles. The van der Waals surface area contributed by atoms with Crippen LogP contribution in [-0.2, 0) is 20.1 Å². The van der Waals surface area contributed by atoms with Crippen molar-refractivity contribution in [3.63, 3.8) is 0 Å². The molecule has 0 spiro atoms. The predicted octanol–water partition coefficient (Wildman–Crippen LogP) is 3.81. The largest absolute Gasteiger partial charge is 0.346 e. The summed E-state index contributed by atoms with van der Waals surface area (Å²) in [6, 6.07) is 0. The Kier molecular flexibility index (Phi) is 5.80. The van der Waals surface area contributed by atoms with Crippen molar-refractivity contribution in [1.82, 2.24) is 0 Å². The van der Waals surface area contributed by atoms with Gasteiger partial charge in [0, 0.05) is 31.9 Å². The molecule has 0 saturated heterocycles. The number of thiophene rings is 1. The van der Waals surface area contributed by atoms with Gasteiger partial charge >= 0.3 is 0 Å². The van der Waals surface area contributed by atoms with E-state index in [0.717, 1.165) is 14.9 Å². The van der Waals surface area contributed by atoms with Crippen LogP contribution in [0.1, 0.15) is 38.1 Å². The minimum absolute atomic E-state index is 0.236. The Labute approximate surface area is 123 Å². The lowest BCUT2D eigenvalue weighted by molar-refractivity contribution is -0.227. The summed E-state index contributed by atoms with van der Waals surface area (Å²) >= 11 is 7.56. The summed E-state index contributed by atoms with van der Waals surface area (Å²) in [4.78, 5) is 12.3. The fourth-order valence-electron chi connectivity index (χ4n) is 1.89. The van der Waals surface area contributed by atoms with Crippen molar-refractivity contribution in [2.24, 2.45) is 0 Å². The Hall–Kier alpha value is -0.620. The number of ether oxygens (including phenoxy) is 2. The number of halogens is 1. The first kappa shape index (κ1) is 16.4. The predicted molar refractivity (Wildman–Crippen MR) is 78.7 cm³/mol. The number of hydrogen-bond acceptors (Lipinski definition) is 4. The first-order chi connectivity index (χ1) is 8.87. The molecule has 0 aliphatic rings. The Balaban J connectivity index is 3.28. The molecular weight excluding hydrogens is 286 g/mol. The average molecular weight is 306 g/mol. The van der Waals surface area contributed by atoms with Crippen molar-refractivity contribution >= 4 is 34.7 Å². The molecule has 1 aromatic rings. The fourth-order valence-corrected chi connectivity index (χ4v) is 3.26. The quantitative estimate of drug-likeness (QED) is 0.592. The Morgan fingerprint density at radius 2 is 1.95 bits per heavy atom. The fraction of sp³-hybridized carbons (Fsp3) is 0.615. The monoisotopic (exact) mass is 305 g/mol. The Morgan fingerprint density at radius 3 is 2.37 bits per heavy atom. The van der Waals surface area contributed by atoms with Crippen molar-refractivity contribution in [3.8, 4) is 0 Å². The molecule has 0 bridgehead atoms. The van der Waals surface area contributed by atoms with Gasteiger partial charge in [0.1, 0.15) is 0 Å². The highest BCUT2D eigenvalue weighted by Gasteiger charge is 2.35. The van der Waals surface area contributed by atoms with Crippen molar-refractivity contribution in [3.05, 3.63) is 15.8 Å². The van der Waals surface area contributed by atoms with Crippen LogP contribution in [0, 0.1) is 6.92 Å². The van der Waals surface area contributed by atoms with Crippen molar-refractivity contribution in [1.29, 1.82) is 0 Å². The molecule has 1 aromatic heterocycles. The third kappa shape index (κ3) is 3.48. The van der Waals surface area contributed by atoms with E-state index in [0.29, 0.717) is 18.9 Å². The molecule has 0 unspecified atom stereocenters. The molecule has 0 aromatic carbocycles. The molecule has 0 aliphatic carbocycles. The molecule has 0 fully saturated rings. The minimum Gasteiger partial charge on any atom is -0.346 e. The van der Waals surface area contributed by atoms with E-state index in [1.54, 1.807) is 0 Å². The Morgan fingerprint density at radius 1 is 1.42 bits per heavy atom. The van der Waals surface area contributed by atoms with Crippen LogP contribution < -0.4 is 4.42 Å². The van der Waals surface area contributed by atoms with Crippen LogP contribution in [0.4, 0.5) is 5.69 Å².